The number of allylic oxidation sites excluding steroid dienone is 1. The van der Waals surface area contributed by atoms with E-state index in [0.717, 1.165) is 5.25 Å². The lowest BCUT2D eigenvalue weighted by Crippen LogP contribution is -1.87. The van der Waals surface area contributed by atoms with Crippen molar-refractivity contribution >= 4 is 11.8 Å². The highest BCUT2D eigenvalue weighted by Crippen LogP contribution is 2.17. The smallest absolute Gasteiger partial charge is 0.0198 e. The third-order valence-electron chi connectivity index (χ3n) is 1.30. The average molecular weight is 128 g/mol. The van der Waals surface area contributed by atoms with Crippen LogP contribution in [0.1, 0.15) is 19.8 Å². The summed E-state index contributed by atoms with van der Waals surface area (Å²) >= 11 is 2.05. The molecule has 1 heterocycles. The van der Waals surface area contributed by atoms with Crippen LogP contribution in [0.4, 0.5) is 0 Å². The van der Waals surface area contributed by atoms with Gasteiger partial charge in [0, 0.05) is 5.25 Å². The summed E-state index contributed by atoms with van der Waals surface area (Å²) in [5.41, 5.74) is 0. The van der Waals surface area contributed by atoms with Crippen molar-refractivity contribution < 1.29 is 0 Å². The Balaban J connectivity index is 2.33. The molecule has 1 aliphatic rings. The molecule has 0 saturated carbocycles. The summed E-state index contributed by atoms with van der Waals surface area (Å²) in [5, 5.41) is 0.762. The van der Waals surface area contributed by atoms with Gasteiger partial charge in [-0.15, -0.1) is 0 Å². The Morgan fingerprint density at radius 3 is 3.38 bits per heavy atom. The molecule has 0 amide bonds. The molecule has 0 saturated heterocycles. The van der Waals surface area contributed by atoms with E-state index in [1.807, 2.05) is 0 Å². The third kappa shape index (κ3) is 1.91. The first kappa shape index (κ1) is 6.21. The van der Waals surface area contributed by atoms with E-state index in [2.05, 4.69) is 30.8 Å². The van der Waals surface area contributed by atoms with Crippen molar-refractivity contribution in [1.29, 1.82) is 0 Å². The molecular weight excluding hydrogens is 116 g/mol. The second-order valence-corrected chi connectivity index (χ2v) is 3.63. The van der Waals surface area contributed by atoms with E-state index < -0.39 is 0 Å². The first-order valence-electron chi connectivity index (χ1n) is 3.18. The molecule has 0 aliphatic carbocycles. The van der Waals surface area contributed by atoms with Crippen LogP contribution in [-0.4, -0.2) is 11.0 Å². The summed E-state index contributed by atoms with van der Waals surface area (Å²) < 4.78 is 0. The van der Waals surface area contributed by atoms with Crippen LogP contribution in [-0.2, 0) is 0 Å². The Morgan fingerprint density at radius 2 is 2.50 bits per heavy atom. The fourth-order valence-corrected chi connectivity index (χ4v) is 1.74. The average Bonchev–Trinajstić information content (AvgIpc) is 1.94. The normalized spacial score (nSPS) is 29.9. The molecule has 0 aromatic carbocycles. The Bertz CT molecular complexity index is 86.4. The Hall–Kier alpha value is 0.0900. The van der Waals surface area contributed by atoms with Crippen molar-refractivity contribution in [1.82, 2.24) is 0 Å². The van der Waals surface area contributed by atoms with Crippen LogP contribution in [0, 0.1) is 0 Å². The minimum Gasteiger partial charge on any atom is -0.155 e. The summed E-state index contributed by atoms with van der Waals surface area (Å²) in [6.45, 7) is 2.26. The largest absolute Gasteiger partial charge is 0.155 e. The maximum absolute atomic E-state index is 2.30. The van der Waals surface area contributed by atoms with Gasteiger partial charge in [-0.3, -0.25) is 0 Å². The van der Waals surface area contributed by atoms with Crippen LogP contribution in [0.5, 0.6) is 0 Å². The van der Waals surface area contributed by atoms with E-state index in [-0.39, 0.29) is 0 Å². The van der Waals surface area contributed by atoms with Gasteiger partial charge in [0.05, 0.1) is 0 Å². The number of hydrogen-bond donors (Lipinski definition) is 0. The molecule has 0 radical (unpaired) electrons. The van der Waals surface area contributed by atoms with Gasteiger partial charge >= 0.3 is 0 Å². The minimum absolute atomic E-state index is 0.762. The van der Waals surface area contributed by atoms with Crippen LogP contribution in [0.3, 0.4) is 0 Å². The quantitative estimate of drug-likeness (QED) is 0.452. The van der Waals surface area contributed by atoms with Crippen molar-refractivity contribution in [2.75, 3.05) is 5.75 Å². The molecule has 1 aliphatic heterocycles. The number of hydrogen-bond acceptors (Lipinski definition) is 1. The van der Waals surface area contributed by atoms with Crippen molar-refractivity contribution in [2.45, 2.75) is 25.0 Å². The van der Waals surface area contributed by atoms with Gasteiger partial charge in [-0.2, -0.15) is 11.8 Å². The second kappa shape index (κ2) is 3.18. The molecule has 0 aromatic rings. The molecule has 0 nitrogen and oxygen atoms in total. The predicted molar refractivity (Wildman–Crippen MR) is 40.3 cm³/mol. The molecule has 0 aromatic heterocycles. The molecular formula is C7H12S. The monoisotopic (exact) mass is 128 g/mol. The molecule has 0 fully saturated rings. The van der Waals surface area contributed by atoms with Crippen molar-refractivity contribution in [2.24, 2.45) is 0 Å². The zero-order valence-electron chi connectivity index (χ0n) is 5.26. The van der Waals surface area contributed by atoms with Gasteiger partial charge < -0.3 is 0 Å². The molecule has 1 rings (SSSR count). The van der Waals surface area contributed by atoms with Crippen molar-refractivity contribution in [3.63, 3.8) is 0 Å². The van der Waals surface area contributed by atoms with Crippen LogP contribution < -0.4 is 0 Å². The second-order valence-electron chi connectivity index (χ2n) is 2.15. The zero-order valence-corrected chi connectivity index (χ0v) is 6.08. The van der Waals surface area contributed by atoms with E-state index in [4.69, 9.17) is 0 Å². The Kier molecular flexibility index (Phi) is 2.47. The zero-order chi connectivity index (χ0) is 5.82. The first-order chi connectivity index (χ1) is 3.89. The SMILES string of the molecule is CC1C=CCCCS1. The van der Waals surface area contributed by atoms with Crippen LogP contribution in [0.15, 0.2) is 12.2 Å². The molecule has 1 unspecified atom stereocenters. The van der Waals surface area contributed by atoms with E-state index in [9.17, 15) is 0 Å². The third-order valence-corrected chi connectivity index (χ3v) is 2.51. The summed E-state index contributed by atoms with van der Waals surface area (Å²) in [6, 6.07) is 0. The van der Waals surface area contributed by atoms with E-state index >= 15 is 0 Å². The highest BCUT2D eigenvalue weighted by Gasteiger charge is 1.99. The van der Waals surface area contributed by atoms with Crippen LogP contribution in [0.25, 0.3) is 0 Å². The maximum atomic E-state index is 2.30. The molecule has 0 bridgehead atoms. The number of rotatable bonds is 0. The predicted octanol–water partition coefficient (Wildman–Crippen LogP) is 2.46. The Morgan fingerprint density at radius 1 is 1.62 bits per heavy atom. The summed E-state index contributed by atoms with van der Waals surface area (Å²) in [7, 11) is 0. The standard InChI is InChI=1S/C7H12S/c1-7-5-3-2-4-6-8-7/h3,5,7H,2,4,6H2,1H3. The van der Waals surface area contributed by atoms with Gasteiger partial charge in [0.1, 0.15) is 0 Å². The summed E-state index contributed by atoms with van der Waals surface area (Å²) in [4.78, 5) is 0. The lowest BCUT2D eigenvalue weighted by atomic mass is 10.3. The summed E-state index contributed by atoms with van der Waals surface area (Å²) in [6.07, 6.45) is 7.26. The molecule has 1 heteroatoms. The highest BCUT2D eigenvalue weighted by atomic mass is 32.2. The van der Waals surface area contributed by atoms with E-state index in [1.165, 1.54) is 18.6 Å². The van der Waals surface area contributed by atoms with Crippen LogP contribution in [0.2, 0.25) is 0 Å². The molecule has 46 valence electrons. The fourth-order valence-electron chi connectivity index (χ4n) is 0.814. The van der Waals surface area contributed by atoms with E-state index in [0.29, 0.717) is 0 Å². The molecule has 8 heavy (non-hydrogen) atoms. The van der Waals surface area contributed by atoms with Crippen molar-refractivity contribution in [3.05, 3.63) is 12.2 Å². The van der Waals surface area contributed by atoms with Gasteiger partial charge in [0.15, 0.2) is 0 Å². The topological polar surface area (TPSA) is 0 Å². The molecule has 0 spiro atoms. The lowest BCUT2D eigenvalue weighted by molar-refractivity contribution is 0.978. The summed E-state index contributed by atoms with van der Waals surface area (Å²) in [5.74, 6) is 1.34. The Labute approximate surface area is 55.4 Å². The number of thioether (sulfide) groups is 1. The highest BCUT2D eigenvalue weighted by molar-refractivity contribution is 8.00. The first-order valence-corrected chi connectivity index (χ1v) is 4.23. The lowest BCUT2D eigenvalue weighted by Gasteiger charge is -1.98. The van der Waals surface area contributed by atoms with Crippen LogP contribution >= 0.6 is 11.8 Å². The van der Waals surface area contributed by atoms with Gasteiger partial charge in [0.25, 0.3) is 0 Å². The van der Waals surface area contributed by atoms with Crippen molar-refractivity contribution in [3.8, 4) is 0 Å². The molecule has 1 atom stereocenters. The van der Waals surface area contributed by atoms with Gasteiger partial charge in [0.2, 0.25) is 0 Å². The van der Waals surface area contributed by atoms with Gasteiger partial charge in [-0.1, -0.05) is 12.2 Å². The molecule has 0 N–H and O–H groups in total. The van der Waals surface area contributed by atoms with Gasteiger partial charge in [-0.25, -0.2) is 0 Å². The van der Waals surface area contributed by atoms with E-state index in [1.54, 1.807) is 0 Å². The maximum Gasteiger partial charge on any atom is 0.0198 e. The van der Waals surface area contributed by atoms with Gasteiger partial charge in [-0.05, 0) is 25.5 Å². The fraction of sp³-hybridized carbons (Fsp3) is 0.714. The minimum atomic E-state index is 0.762.